The molecule has 0 fully saturated rings. The zero-order valence-corrected chi connectivity index (χ0v) is 6.21. The van der Waals surface area contributed by atoms with Crippen LogP contribution in [0.4, 0.5) is 0 Å². The zero-order chi connectivity index (χ0) is 7.56. The van der Waals surface area contributed by atoms with E-state index in [2.05, 4.69) is 9.97 Å². The number of nitrogens with zero attached hydrogens (tertiary/aromatic N) is 2. The van der Waals surface area contributed by atoms with Gasteiger partial charge in [0.15, 0.2) is 5.15 Å². The van der Waals surface area contributed by atoms with E-state index in [1.165, 1.54) is 12.4 Å². The van der Waals surface area contributed by atoms with Gasteiger partial charge >= 0.3 is 0 Å². The fourth-order valence-corrected chi connectivity index (χ4v) is 0.875. The van der Waals surface area contributed by atoms with E-state index in [1.807, 2.05) is 0 Å². The van der Waals surface area contributed by atoms with Crippen molar-refractivity contribution in [2.75, 3.05) is 0 Å². The third kappa shape index (κ3) is 1.43. The third-order valence-corrected chi connectivity index (χ3v) is 1.37. The predicted molar refractivity (Wildman–Crippen MR) is 37.7 cm³/mol. The van der Waals surface area contributed by atoms with Gasteiger partial charge in [0.05, 0.1) is 6.10 Å². The Morgan fingerprint density at radius 2 is 2.10 bits per heavy atom. The number of halogens is 1. The standard InChI is InChI=1S/C6H7ClN2O/c1-4(10)5-6(7)9-3-2-8-5/h2-4,10H,1H3. The van der Waals surface area contributed by atoms with Crippen molar-refractivity contribution < 1.29 is 5.11 Å². The molecule has 1 aromatic rings. The van der Waals surface area contributed by atoms with Gasteiger partial charge in [-0.3, -0.25) is 4.98 Å². The molecule has 0 aromatic carbocycles. The Balaban J connectivity index is 3.03. The Kier molecular flexibility index (Phi) is 2.19. The Hall–Kier alpha value is -0.670. The minimum atomic E-state index is -0.652. The van der Waals surface area contributed by atoms with Crippen molar-refractivity contribution in [1.82, 2.24) is 9.97 Å². The van der Waals surface area contributed by atoms with Crippen LogP contribution in [-0.2, 0) is 0 Å². The average molecular weight is 159 g/mol. The summed E-state index contributed by atoms with van der Waals surface area (Å²) in [5, 5.41) is 9.28. The first kappa shape index (κ1) is 7.44. The van der Waals surface area contributed by atoms with E-state index in [1.54, 1.807) is 6.92 Å². The summed E-state index contributed by atoms with van der Waals surface area (Å²) in [6, 6.07) is 0. The molecule has 0 radical (unpaired) electrons. The summed E-state index contributed by atoms with van der Waals surface area (Å²) in [6.45, 7) is 1.59. The Labute approximate surface area is 63.7 Å². The molecule has 4 heteroatoms. The molecule has 0 saturated heterocycles. The van der Waals surface area contributed by atoms with E-state index >= 15 is 0 Å². The highest BCUT2D eigenvalue weighted by Gasteiger charge is 2.06. The second-order valence-corrected chi connectivity index (χ2v) is 2.27. The van der Waals surface area contributed by atoms with Crippen LogP contribution in [0, 0.1) is 0 Å². The highest BCUT2D eigenvalue weighted by molar-refractivity contribution is 6.30. The number of aliphatic hydroxyl groups is 1. The molecule has 0 amide bonds. The van der Waals surface area contributed by atoms with E-state index < -0.39 is 6.10 Å². The maximum Gasteiger partial charge on any atom is 0.153 e. The minimum absolute atomic E-state index is 0.262. The second-order valence-electron chi connectivity index (χ2n) is 1.91. The van der Waals surface area contributed by atoms with Gasteiger partial charge in [0, 0.05) is 12.4 Å². The van der Waals surface area contributed by atoms with Gasteiger partial charge in [-0.15, -0.1) is 0 Å². The molecule has 3 nitrogen and oxygen atoms in total. The van der Waals surface area contributed by atoms with Crippen LogP contribution in [0.25, 0.3) is 0 Å². The summed E-state index contributed by atoms with van der Waals surface area (Å²) in [5.41, 5.74) is 0.421. The maximum absolute atomic E-state index is 9.02. The quantitative estimate of drug-likeness (QED) is 0.668. The van der Waals surface area contributed by atoms with Crippen LogP contribution < -0.4 is 0 Å². The smallest absolute Gasteiger partial charge is 0.153 e. The minimum Gasteiger partial charge on any atom is -0.387 e. The molecule has 10 heavy (non-hydrogen) atoms. The Morgan fingerprint density at radius 1 is 1.50 bits per heavy atom. The number of aliphatic hydroxyl groups excluding tert-OH is 1. The Bertz CT molecular complexity index is 227. The van der Waals surface area contributed by atoms with E-state index in [0.717, 1.165) is 0 Å². The third-order valence-electron chi connectivity index (χ3n) is 1.08. The van der Waals surface area contributed by atoms with E-state index in [-0.39, 0.29) is 5.15 Å². The van der Waals surface area contributed by atoms with Crippen molar-refractivity contribution in [2.24, 2.45) is 0 Å². The molecular weight excluding hydrogens is 152 g/mol. The van der Waals surface area contributed by atoms with Gasteiger partial charge in [-0.25, -0.2) is 4.98 Å². The molecule has 0 bridgehead atoms. The highest BCUT2D eigenvalue weighted by Crippen LogP contribution is 2.15. The summed E-state index contributed by atoms with van der Waals surface area (Å²) in [6.07, 6.45) is 2.32. The summed E-state index contributed by atoms with van der Waals surface area (Å²) in [4.78, 5) is 7.58. The molecule has 1 atom stereocenters. The van der Waals surface area contributed by atoms with Crippen LogP contribution in [0.15, 0.2) is 12.4 Å². The van der Waals surface area contributed by atoms with Crippen LogP contribution >= 0.6 is 11.6 Å². The van der Waals surface area contributed by atoms with E-state index in [0.29, 0.717) is 5.69 Å². The van der Waals surface area contributed by atoms with Crippen molar-refractivity contribution in [3.05, 3.63) is 23.2 Å². The molecule has 0 aliphatic heterocycles. The first-order chi connectivity index (χ1) is 4.72. The van der Waals surface area contributed by atoms with Crippen LogP contribution in [0.1, 0.15) is 18.7 Å². The normalized spacial score (nSPS) is 13.1. The lowest BCUT2D eigenvalue weighted by Crippen LogP contribution is -1.96. The van der Waals surface area contributed by atoms with Crippen molar-refractivity contribution in [2.45, 2.75) is 13.0 Å². The monoisotopic (exact) mass is 158 g/mol. The number of hydrogen-bond acceptors (Lipinski definition) is 3. The summed E-state index contributed by atoms with van der Waals surface area (Å²) < 4.78 is 0. The maximum atomic E-state index is 9.02. The SMILES string of the molecule is CC(O)c1nccnc1Cl. The molecule has 1 rings (SSSR count). The number of aromatic nitrogens is 2. The van der Waals surface area contributed by atoms with Crippen LogP contribution in [0.2, 0.25) is 5.15 Å². The van der Waals surface area contributed by atoms with Crippen molar-refractivity contribution in [3.8, 4) is 0 Å². The van der Waals surface area contributed by atoms with Crippen LogP contribution in [0.5, 0.6) is 0 Å². The summed E-state index contributed by atoms with van der Waals surface area (Å²) >= 11 is 5.59. The van der Waals surface area contributed by atoms with Gasteiger partial charge in [-0.05, 0) is 6.92 Å². The van der Waals surface area contributed by atoms with E-state index in [4.69, 9.17) is 16.7 Å². The molecular formula is C6H7ClN2O. The fraction of sp³-hybridized carbons (Fsp3) is 0.333. The van der Waals surface area contributed by atoms with Crippen molar-refractivity contribution in [3.63, 3.8) is 0 Å². The topological polar surface area (TPSA) is 46.0 Å². The first-order valence-corrected chi connectivity index (χ1v) is 3.24. The molecule has 1 unspecified atom stereocenters. The first-order valence-electron chi connectivity index (χ1n) is 2.86. The zero-order valence-electron chi connectivity index (χ0n) is 5.45. The molecule has 0 saturated carbocycles. The van der Waals surface area contributed by atoms with Crippen LogP contribution in [0.3, 0.4) is 0 Å². The number of rotatable bonds is 1. The number of hydrogen-bond donors (Lipinski definition) is 1. The lowest BCUT2D eigenvalue weighted by molar-refractivity contribution is 0.194. The Morgan fingerprint density at radius 3 is 2.50 bits per heavy atom. The van der Waals surface area contributed by atoms with E-state index in [9.17, 15) is 0 Å². The molecule has 54 valence electrons. The molecule has 1 N–H and O–H groups in total. The lowest BCUT2D eigenvalue weighted by Gasteiger charge is -2.02. The van der Waals surface area contributed by atoms with Crippen molar-refractivity contribution in [1.29, 1.82) is 0 Å². The summed E-state index contributed by atoms with van der Waals surface area (Å²) in [7, 11) is 0. The highest BCUT2D eigenvalue weighted by atomic mass is 35.5. The van der Waals surface area contributed by atoms with Gasteiger partial charge in [-0.2, -0.15) is 0 Å². The van der Waals surface area contributed by atoms with Gasteiger partial charge in [0.1, 0.15) is 5.69 Å². The van der Waals surface area contributed by atoms with Crippen LogP contribution in [-0.4, -0.2) is 15.1 Å². The second kappa shape index (κ2) is 2.94. The van der Waals surface area contributed by atoms with Gasteiger partial charge < -0.3 is 5.11 Å². The lowest BCUT2D eigenvalue weighted by atomic mass is 10.3. The van der Waals surface area contributed by atoms with Gasteiger partial charge in [0.2, 0.25) is 0 Å². The molecule has 0 spiro atoms. The predicted octanol–water partition coefficient (Wildman–Crippen LogP) is 1.18. The largest absolute Gasteiger partial charge is 0.387 e. The fourth-order valence-electron chi connectivity index (χ4n) is 0.612. The van der Waals surface area contributed by atoms with Gasteiger partial charge in [0.25, 0.3) is 0 Å². The molecule has 0 aliphatic rings. The van der Waals surface area contributed by atoms with Crippen molar-refractivity contribution >= 4 is 11.6 Å². The molecule has 1 aromatic heterocycles. The summed E-state index contributed by atoms with van der Waals surface area (Å²) in [5.74, 6) is 0. The van der Waals surface area contributed by atoms with Gasteiger partial charge in [-0.1, -0.05) is 11.6 Å². The average Bonchev–Trinajstić information content (AvgIpc) is 1.88. The molecule has 1 heterocycles. The molecule has 0 aliphatic carbocycles.